The third-order valence-electron chi connectivity index (χ3n) is 1.34. The second-order valence-corrected chi connectivity index (χ2v) is 3.34. The van der Waals surface area contributed by atoms with Gasteiger partial charge in [-0.15, -0.1) is 11.4 Å². The zero-order valence-electron chi connectivity index (χ0n) is 10.2. The molecule has 4 nitrogen and oxygen atoms in total. The molecule has 0 unspecified atom stereocenters. The van der Waals surface area contributed by atoms with Gasteiger partial charge in [-0.1, -0.05) is 30.3 Å². The first-order valence-electron chi connectivity index (χ1n) is 3.97. The second kappa shape index (κ2) is 13.5. The minimum absolute atomic E-state index is 0. The molecule has 1 aromatic carbocycles. The molecule has 0 saturated heterocycles. The summed E-state index contributed by atoms with van der Waals surface area (Å²) in [6.45, 7) is 1.03. The third kappa shape index (κ3) is 16.9. The van der Waals surface area contributed by atoms with Crippen molar-refractivity contribution in [2.24, 2.45) is 0 Å². The second-order valence-electron chi connectivity index (χ2n) is 2.93. The molecule has 0 atom stereocenters. The summed E-state index contributed by atoms with van der Waals surface area (Å²) in [5.74, 6) is 0. The van der Waals surface area contributed by atoms with Crippen LogP contribution in [0.5, 0.6) is 0 Å². The van der Waals surface area contributed by atoms with E-state index in [1.807, 2.05) is 6.07 Å². The van der Waals surface area contributed by atoms with Crippen molar-refractivity contribution < 1.29 is 51.0 Å². The van der Waals surface area contributed by atoms with Crippen molar-refractivity contribution in [1.82, 2.24) is 4.90 Å². The average Bonchev–Trinajstić information content (AvgIpc) is 2.03. The maximum Gasteiger partial charge on any atom is 1.00 e. The molecule has 0 aliphatic carbocycles. The number of hydrogen-bond acceptors (Lipinski definition) is 4. The number of nitrogens with zero attached hydrogens (tertiary/aromatic N) is 1. The molecular formula is C9H13Li2NO3S. The molecule has 0 spiro atoms. The van der Waals surface area contributed by atoms with Crippen LogP contribution in [-0.4, -0.2) is 32.3 Å². The van der Waals surface area contributed by atoms with E-state index in [0.717, 1.165) is 6.54 Å². The maximum atomic E-state index is 8.44. The molecule has 0 radical (unpaired) electrons. The van der Waals surface area contributed by atoms with Crippen molar-refractivity contribution in [3.05, 3.63) is 35.9 Å². The fraction of sp³-hybridized carbons (Fsp3) is 0.333. The molecule has 0 fully saturated rings. The first kappa shape index (κ1) is 21.7. The van der Waals surface area contributed by atoms with Crippen molar-refractivity contribution >= 4 is 11.4 Å². The van der Waals surface area contributed by atoms with Crippen LogP contribution in [-0.2, 0) is 17.9 Å². The Hall–Kier alpha value is 0.445. The molecule has 0 saturated carbocycles. The Kier molecular flexibility index (Phi) is 18.3. The normalized spacial score (nSPS) is 8.62. The fourth-order valence-electron chi connectivity index (χ4n) is 0.949. The molecule has 1 rings (SSSR count). The van der Waals surface area contributed by atoms with Crippen molar-refractivity contribution in [1.29, 1.82) is 0 Å². The summed E-state index contributed by atoms with van der Waals surface area (Å²) >= 11 is -3.11. The molecule has 0 aliphatic heterocycles. The molecule has 16 heavy (non-hydrogen) atoms. The van der Waals surface area contributed by atoms with E-state index >= 15 is 0 Å². The summed E-state index contributed by atoms with van der Waals surface area (Å²) in [6.07, 6.45) is 0. The van der Waals surface area contributed by atoms with Crippen LogP contribution < -0.4 is 37.7 Å². The minimum atomic E-state index is -3.11. The van der Waals surface area contributed by atoms with Gasteiger partial charge >= 0.3 is 37.7 Å². The molecule has 0 aromatic heterocycles. The quantitative estimate of drug-likeness (QED) is 0.375. The van der Waals surface area contributed by atoms with Gasteiger partial charge in [-0.25, -0.2) is 0 Å². The summed E-state index contributed by atoms with van der Waals surface area (Å²) < 4.78 is 25.3. The van der Waals surface area contributed by atoms with Gasteiger partial charge in [0.05, 0.1) is 0 Å². The van der Waals surface area contributed by atoms with Gasteiger partial charge in [-0.3, -0.25) is 4.21 Å². The molecule has 0 amide bonds. The largest absolute Gasteiger partial charge is 1.00 e. The van der Waals surface area contributed by atoms with E-state index in [1.54, 1.807) is 0 Å². The molecule has 1 aromatic rings. The maximum absolute atomic E-state index is 8.44. The number of rotatable bonds is 2. The van der Waals surface area contributed by atoms with E-state index in [2.05, 4.69) is 43.3 Å². The van der Waals surface area contributed by atoms with Gasteiger partial charge in [0.15, 0.2) is 0 Å². The summed E-state index contributed by atoms with van der Waals surface area (Å²) in [7, 11) is 4.15. The Bertz CT molecular complexity index is 269. The van der Waals surface area contributed by atoms with Crippen LogP contribution in [0.1, 0.15) is 5.56 Å². The standard InChI is InChI=1S/C9H13N.2Li.H2O3S/c1-10(2)8-9-6-4-3-5-7-9;;;1-4(2)3/h3-7H,8H2,1-2H3;;;(H2,1,2,3)/q;2*+1;/p-2. The van der Waals surface area contributed by atoms with Crippen molar-refractivity contribution in [2.45, 2.75) is 6.54 Å². The van der Waals surface area contributed by atoms with Gasteiger partial charge in [-0.2, -0.15) is 0 Å². The van der Waals surface area contributed by atoms with E-state index in [0.29, 0.717) is 0 Å². The Morgan fingerprint density at radius 2 is 1.50 bits per heavy atom. The minimum Gasteiger partial charge on any atom is -0.784 e. The molecule has 0 bridgehead atoms. The zero-order chi connectivity index (χ0) is 11.0. The van der Waals surface area contributed by atoms with Gasteiger partial charge in [0.2, 0.25) is 0 Å². The third-order valence-corrected chi connectivity index (χ3v) is 1.34. The van der Waals surface area contributed by atoms with Crippen molar-refractivity contribution in [3.8, 4) is 0 Å². The molecular weight excluding hydrogens is 216 g/mol. The molecule has 80 valence electrons. The predicted octanol–water partition coefficient (Wildman–Crippen LogP) is -5.25. The van der Waals surface area contributed by atoms with Gasteiger partial charge in [0, 0.05) is 6.54 Å². The SMILES string of the molecule is CN(C)Cc1ccccc1.O=S([O-])[O-].[Li+].[Li+]. The van der Waals surface area contributed by atoms with Crippen molar-refractivity contribution in [2.75, 3.05) is 14.1 Å². The summed E-state index contributed by atoms with van der Waals surface area (Å²) in [5, 5.41) is 0. The Morgan fingerprint density at radius 3 is 1.81 bits per heavy atom. The van der Waals surface area contributed by atoms with Crippen LogP contribution in [0, 0.1) is 0 Å². The van der Waals surface area contributed by atoms with Crippen LogP contribution in [0.2, 0.25) is 0 Å². The molecule has 0 aliphatic rings. The smallest absolute Gasteiger partial charge is 0.784 e. The molecule has 0 heterocycles. The monoisotopic (exact) mass is 229 g/mol. The molecule has 0 N–H and O–H groups in total. The van der Waals surface area contributed by atoms with E-state index in [1.165, 1.54) is 5.56 Å². The van der Waals surface area contributed by atoms with E-state index in [9.17, 15) is 0 Å². The fourth-order valence-corrected chi connectivity index (χ4v) is 0.949. The van der Waals surface area contributed by atoms with Crippen LogP contribution in [0.4, 0.5) is 0 Å². The van der Waals surface area contributed by atoms with E-state index in [4.69, 9.17) is 13.3 Å². The van der Waals surface area contributed by atoms with Crippen LogP contribution in [0.15, 0.2) is 30.3 Å². The topological polar surface area (TPSA) is 66.4 Å². The van der Waals surface area contributed by atoms with Crippen molar-refractivity contribution in [3.63, 3.8) is 0 Å². The van der Waals surface area contributed by atoms with Gasteiger partial charge in [-0.05, 0) is 19.7 Å². The summed E-state index contributed by atoms with van der Waals surface area (Å²) in [6, 6.07) is 10.5. The number of hydrogen-bond donors (Lipinski definition) is 0. The molecule has 7 heteroatoms. The summed E-state index contributed by atoms with van der Waals surface area (Å²) in [5.41, 5.74) is 1.37. The van der Waals surface area contributed by atoms with E-state index in [-0.39, 0.29) is 37.7 Å². The Balaban J connectivity index is -0.000000249. The van der Waals surface area contributed by atoms with E-state index < -0.39 is 11.4 Å². The Labute approximate surface area is 123 Å². The number of benzene rings is 1. The predicted molar refractivity (Wildman–Crippen MR) is 53.5 cm³/mol. The van der Waals surface area contributed by atoms with Crippen LogP contribution in [0.25, 0.3) is 0 Å². The first-order valence-corrected chi connectivity index (χ1v) is 4.97. The Morgan fingerprint density at radius 1 is 1.12 bits per heavy atom. The van der Waals surface area contributed by atoms with Gasteiger partial charge < -0.3 is 14.0 Å². The first-order chi connectivity index (χ1) is 6.52. The van der Waals surface area contributed by atoms with Crippen LogP contribution in [0.3, 0.4) is 0 Å². The average molecular weight is 229 g/mol. The zero-order valence-corrected chi connectivity index (χ0v) is 11.0. The van der Waals surface area contributed by atoms with Gasteiger partial charge in [0.25, 0.3) is 0 Å². The van der Waals surface area contributed by atoms with Crippen LogP contribution >= 0.6 is 0 Å². The summed E-state index contributed by atoms with van der Waals surface area (Å²) in [4.78, 5) is 2.16. The van der Waals surface area contributed by atoms with Gasteiger partial charge in [0.1, 0.15) is 0 Å².